The van der Waals surface area contributed by atoms with Gasteiger partial charge in [-0.05, 0) is 64.1 Å². The lowest BCUT2D eigenvalue weighted by atomic mass is 10.0. The lowest BCUT2D eigenvalue weighted by Gasteiger charge is -2.35. The number of hydrogen-bond acceptors (Lipinski definition) is 3. The Balaban J connectivity index is 1.37. The predicted octanol–water partition coefficient (Wildman–Crippen LogP) is 1.93. The highest BCUT2D eigenvalue weighted by Crippen LogP contribution is 2.22. The molecule has 1 aliphatic carbocycles. The molecule has 3 rings (SSSR count). The number of rotatable bonds is 6. The second-order valence-corrected chi connectivity index (χ2v) is 7.15. The summed E-state index contributed by atoms with van der Waals surface area (Å²) in [5.74, 6) is 0.831. The molecule has 0 amide bonds. The van der Waals surface area contributed by atoms with Crippen LogP contribution < -0.4 is 5.32 Å². The van der Waals surface area contributed by atoms with E-state index in [1.165, 1.54) is 77.8 Å². The van der Waals surface area contributed by atoms with Crippen molar-refractivity contribution in [2.24, 2.45) is 5.92 Å². The van der Waals surface area contributed by atoms with Crippen LogP contribution in [0.3, 0.4) is 0 Å². The molecule has 2 atom stereocenters. The third kappa shape index (κ3) is 4.44. The van der Waals surface area contributed by atoms with Crippen molar-refractivity contribution in [3.63, 3.8) is 0 Å². The number of hydrogen-bond donors (Lipinski definition) is 1. The van der Waals surface area contributed by atoms with Crippen LogP contribution in [0.2, 0.25) is 0 Å². The van der Waals surface area contributed by atoms with Crippen LogP contribution in [0.15, 0.2) is 0 Å². The molecule has 3 aliphatic rings. The maximum Gasteiger partial charge on any atom is 0.0198 e. The van der Waals surface area contributed by atoms with Crippen molar-refractivity contribution in [1.82, 2.24) is 15.1 Å². The fraction of sp³-hybridized carbons (Fsp3) is 1.00. The monoisotopic (exact) mass is 265 g/mol. The molecule has 0 radical (unpaired) electrons. The van der Waals surface area contributed by atoms with Crippen LogP contribution in [0.4, 0.5) is 0 Å². The van der Waals surface area contributed by atoms with E-state index in [1.54, 1.807) is 0 Å². The van der Waals surface area contributed by atoms with E-state index in [4.69, 9.17) is 0 Å². The third-order valence-corrected chi connectivity index (χ3v) is 4.89. The minimum atomic E-state index is 0.778. The zero-order valence-corrected chi connectivity index (χ0v) is 12.6. The van der Waals surface area contributed by atoms with Crippen LogP contribution in [0, 0.1) is 5.92 Å². The minimum Gasteiger partial charge on any atom is -0.310 e. The van der Waals surface area contributed by atoms with Gasteiger partial charge < -0.3 is 15.1 Å². The Kier molecular flexibility index (Phi) is 4.78. The molecule has 2 heterocycles. The number of nitrogens with zero attached hydrogens (tertiary/aromatic N) is 2. The van der Waals surface area contributed by atoms with E-state index in [0.29, 0.717) is 0 Å². The summed E-state index contributed by atoms with van der Waals surface area (Å²) in [5, 5.41) is 3.82. The molecular formula is C16H31N3. The molecule has 0 spiro atoms. The van der Waals surface area contributed by atoms with Gasteiger partial charge >= 0.3 is 0 Å². The van der Waals surface area contributed by atoms with E-state index in [-0.39, 0.29) is 0 Å². The molecular weight excluding hydrogens is 234 g/mol. The summed E-state index contributed by atoms with van der Waals surface area (Å²) in [7, 11) is 0. The van der Waals surface area contributed by atoms with Crippen LogP contribution >= 0.6 is 0 Å². The fourth-order valence-electron chi connectivity index (χ4n) is 3.85. The molecule has 3 fully saturated rings. The molecule has 0 aromatic rings. The van der Waals surface area contributed by atoms with Gasteiger partial charge in [0.1, 0.15) is 0 Å². The first kappa shape index (κ1) is 13.8. The first-order valence-corrected chi connectivity index (χ1v) is 8.50. The lowest BCUT2D eigenvalue weighted by Crippen LogP contribution is -2.48. The Labute approximate surface area is 118 Å². The SMILES string of the molecule is CC(CN1CCCC1)CN1CCCC(NC2CC2)C1. The van der Waals surface area contributed by atoms with Crippen LogP contribution in [-0.2, 0) is 0 Å². The van der Waals surface area contributed by atoms with Crippen LogP contribution in [0.1, 0.15) is 45.4 Å². The predicted molar refractivity (Wildman–Crippen MR) is 80.5 cm³/mol. The summed E-state index contributed by atoms with van der Waals surface area (Å²) in [6, 6.07) is 1.65. The Hall–Kier alpha value is -0.120. The number of nitrogens with one attached hydrogen (secondary N) is 1. The highest BCUT2D eigenvalue weighted by Gasteiger charge is 2.28. The Morgan fingerprint density at radius 2 is 1.58 bits per heavy atom. The first-order chi connectivity index (χ1) is 9.29. The molecule has 110 valence electrons. The van der Waals surface area contributed by atoms with E-state index >= 15 is 0 Å². The van der Waals surface area contributed by atoms with Crippen LogP contribution in [0.5, 0.6) is 0 Å². The second-order valence-electron chi connectivity index (χ2n) is 7.15. The van der Waals surface area contributed by atoms with E-state index in [2.05, 4.69) is 22.0 Å². The van der Waals surface area contributed by atoms with Crippen molar-refractivity contribution >= 4 is 0 Å². The van der Waals surface area contributed by atoms with Crippen LogP contribution in [0.25, 0.3) is 0 Å². The van der Waals surface area contributed by atoms with Gasteiger partial charge in [-0.15, -0.1) is 0 Å². The van der Waals surface area contributed by atoms with Crippen molar-refractivity contribution < 1.29 is 0 Å². The van der Waals surface area contributed by atoms with Gasteiger partial charge in [-0.3, -0.25) is 0 Å². The maximum absolute atomic E-state index is 3.82. The van der Waals surface area contributed by atoms with Gasteiger partial charge in [0.05, 0.1) is 0 Å². The smallest absolute Gasteiger partial charge is 0.0198 e. The summed E-state index contributed by atoms with van der Waals surface area (Å²) < 4.78 is 0. The minimum absolute atomic E-state index is 0.778. The zero-order chi connectivity index (χ0) is 13.1. The first-order valence-electron chi connectivity index (χ1n) is 8.50. The van der Waals surface area contributed by atoms with E-state index in [1.807, 2.05) is 0 Å². The molecule has 1 N–H and O–H groups in total. The second kappa shape index (κ2) is 6.55. The van der Waals surface area contributed by atoms with E-state index in [0.717, 1.165) is 18.0 Å². The van der Waals surface area contributed by atoms with Gasteiger partial charge in [0, 0.05) is 31.7 Å². The summed E-state index contributed by atoms with van der Waals surface area (Å²) in [5.41, 5.74) is 0. The molecule has 0 aromatic heterocycles. The topological polar surface area (TPSA) is 18.5 Å². The number of piperidine rings is 1. The average molecular weight is 265 g/mol. The van der Waals surface area contributed by atoms with Gasteiger partial charge in [-0.25, -0.2) is 0 Å². The lowest BCUT2D eigenvalue weighted by molar-refractivity contribution is 0.152. The summed E-state index contributed by atoms with van der Waals surface area (Å²) in [6.07, 6.45) is 8.46. The molecule has 0 aromatic carbocycles. The normalized spacial score (nSPS) is 31.7. The highest BCUT2D eigenvalue weighted by molar-refractivity contribution is 4.88. The molecule has 1 saturated carbocycles. The highest BCUT2D eigenvalue weighted by atomic mass is 15.2. The van der Waals surface area contributed by atoms with E-state index < -0.39 is 0 Å². The summed E-state index contributed by atoms with van der Waals surface area (Å²) >= 11 is 0. The summed E-state index contributed by atoms with van der Waals surface area (Å²) in [6.45, 7) is 10.4. The van der Waals surface area contributed by atoms with Gasteiger partial charge in [-0.1, -0.05) is 6.92 Å². The maximum atomic E-state index is 3.82. The number of likely N-dealkylation sites (tertiary alicyclic amines) is 2. The average Bonchev–Trinajstić information content (AvgIpc) is 3.04. The molecule has 3 heteroatoms. The van der Waals surface area contributed by atoms with E-state index in [9.17, 15) is 0 Å². The molecule has 2 unspecified atom stereocenters. The van der Waals surface area contributed by atoms with Crippen molar-refractivity contribution in [2.75, 3.05) is 39.3 Å². The fourth-order valence-corrected chi connectivity index (χ4v) is 3.85. The van der Waals surface area contributed by atoms with Gasteiger partial charge in [0.25, 0.3) is 0 Å². The summed E-state index contributed by atoms with van der Waals surface area (Å²) in [4.78, 5) is 5.37. The van der Waals surface area contributed by atoms with Gasteiger partial charge in [0.15, 0.2) is 0 Å². The molecule has 2 saturated heterocycles. The standard InChI is InChI=1S/C16H31N3/c1-14(11-18-8-2-3-9-18)12-19-10-4-5-16(13-19)17-15-6-7-15/h14-17H,2-13H2,1H3. The van der Waals surface area contributed by atoms with Crippen molar-refractivity contribution in [2.45, 2.75) is 57.5 Å². The molecule has 3 nitrogen and oxygen atoms in total. The third-order valence-electron chi connectivity index (χ3n) is 4.89. The largest absolute Gasteiger partial charge is 0.310 e. The zero-order valence-electron chi connectivity index (χ0n) is 12.6. The Morgan fingerprint density at radius 1 is 0.895 bits per heavy atom. The Bertz CT molecular complexity index is 271. The van der Waals surface area contributed by atoms with Gasteiger partial charge in [0.2, 0.25) is 0 Å². The van der Waals surface area contributed by atoms with Crippen LogP contribution in [-0.4, -0.2) is 61.2 Å². The van der Waals surface area contributed by atoms with Crippen molar-refractivity contribution in [3.05, 3.63) is 0 Å². The van der Waals surface area contributed by atoms with Crippen molar-refractivity contribution in [3.8, 4) is 0 Å². The quantitative estimate of drug-likeness (QED) is 0.792. The molecule has 19 heavy (non-hydrogen) atoms. The molecule has 0 bridgehead atoms. The van der Waals surface area contributed by atoms with Crippen molar-refractivity contribution in [1.29, 1.82) is 0 Å². The molecule has 2 aliphatic heterocycles. The van der Waals surface area contributed by atoms with Gasteiger partial charge in [-0.2, -0.15) is 0 Å². The Morgan fingerprint density at radius 3 is 2.32 bits per heavy atom.